The number of amides is 1. The lowest BCUT2D eigenvalue weighted by Gasteiger charge is -2.37. The van der Waals surface area contributed by atoms with Gasteiger partial charge in [-0.05, 0) is 17.5 Å². The molecule has 1 saturated heterocycles. The van der Waals surface area contributed by atoms with Gasteiger partial charge in [0.25, 0.3) is 0 Å². The summed E-state index contributed by atoms with van der Waals surface area (Å²) in [6.07, 6.45) is 3.48. The minimum Gasteiger partial charge on any atom is -0.481 e. The summed E-state index contributed by atoms with van der Waals surface area (Å²) in [6, 6.07) is 6.27. The Kier molecular flexibility index (Phi) is 5.74. The number of fused-ring (bicyclic) bond motifs is 1. The van der Waals surface area contributed by atoms with E-state index in [2.05, 4.69) is 24.0 Å². The van der Waals surface area contributed by atoms with Crippen LogP contribution in [0.4, 0.5) is 0 Å². The fourth-order valence-electron chi connectivity index (χ4n) is 3.26. The highest BCUT2D eigenvalue weighted by atomic mass is 16.5. The van der Waals surface area contributed by atoms with Crippen LogP contribution in [0, 0.1) is 5.41 Å². The quantitative estimate of drug-likeness (QED) is 0.445. The van der Waals surface area contributed by atoms with E-state index in [1.165, 1.54) is 5.56 Å². The molecule has 1 aromatic rings. The number of nitrogens with zero attached hydrogens (tertiary/aromatic N) is 2. The van der Waals surface area contributed by atoms with E-state index < -0.39 is 0 Å². The highest BCUT2D eigenvalue weighted by Gasteiger charge is 2.33. The average molecular weight is 358 g/mol. The van der Waals surface area contributed by atoms with Crippen molar-refractivity contribution in [3.63, 3.8) is 0 Å². The summed E-state index contributed by atoms with van der Waals surface area (Å²) in [5.41, 5.74) is 4.35. The van der Waals surface area contributed by atoms with Crippen LogP contribution in [0.5, 0.6) is 0 Å². The van der Waals surface area contributed by atoms with Gasteiger partial charge in [-0.1, -0.05) is 25.1 Å². The summed E-state index contributed by atoms with van der Waals surface area (Å²) in [5.74, 6) is 0.489. The van der Waals surface area contributed by atoms with E-state index in [-0.39, 0.29) is 5.41 Å². The average Bonchev–Trinajstić information content (AvgIpc) is 2.64. The predicted octanol–water partition coefficient (Wildman–Crippen LogP) is 2.27. The molecule has 1 fully saturated rings. The van der Waals surface area contributed by atoms with Crippen LogP contribution < -0.4 is 0 Å². The Labute approximate surface area is 154 Å². The van der Waals surface area contributed by atoms with Crippen molar-refractivity contribution in [2.75, 3.05) is 40.5 Å². The molecule has 2 heterocycles. The van der Waals surface area contributed by atoms with E-state index in [4.69, 9.17) is 14.2 Å². The molecule has 140 valence electrons. The first-order chi connectivity index (χ1) is 12.6. The van der Waals surface area contributed by atoms with E-state index >= 15 is 0 Å². The summed E-state index contributed by atoms with van der Waals surface area (Å²) in [7, 11) is 3.24. The molecular weight excluding hydrogens is 332 g/mol. The fourth-order valence-corrected chi connectivity index (χ4v) is 3.26. The largest absolute Gasteiger partial charge is 0.481 e. The Morgan fingerprint density at radius 3 is 2.85 bits per heavy atom. The van der Waals surface area contributed by atoms with E-state index in [1.807, 2.05) is 6.07 Å². The molecule has 0 bridgehead atoms. The minimum absolute atomic E-state index is 0.157. The molecule has 26 heavy (non-hydrogen) atoms. The number of rotatable bonds is 6. The van der Waals surface area contributed by atoms with Crippen molar-refractivity contribution in [2.45, 2.75) is 20.0 Å². The van der Waals surface area contributed by atoms with Crippen LogP contribution in [0.25, 0.3) is 5.70 Å². The summed E-state index contributed by atoms with van der Waals surface area (Å²) in [5, 5.41) is 0. The van der Waals surface area contributed by atoms with E-state index in [0.717, 1.165) is 42.9 Å². The molecule has 0 radical (unpaired) electrons. The molecule has 0 aromatic heterocycles. The molecule has 0 unspecified atom stereocenters. The zero-order valence-electron chi connectivity index (χ0n) is 15.7. The van der Waals surface area contributed by atoms with Gasteiger partial charge in [0.05, 0.1) is 39.2 Å². The molecule has 0 atom stereocenters. The van der Waals surface area contributed by atoms with E-state index in [9.17, 15) is 4.79 Å². The van der Waals surface area contributed by atoms with Gasteiger partial charge in [0.2, 0.25) is 12.3 Å². The number of carbonyl (C=O) groups is 1. The summed E-state index contributed by atoms with van der Waals surface area (Å²) in [4.78, 5) is 17.2. The number of methoxy groups -OCH3 is 1. The SMILES string of the molecule is C/N=C(\C=C1\c2ccc(COCC3(C)COC3)cc2CCN1C=O)OC. The topological polar surface area (TPSA) is 60.4 Å². The van der Waals surface area contributed by atoms with Crippen LogP contribution in [0.1, 0.15) is 23.6 Å². The third-order valence-electron chi connectivity index (χ3n) is 4.81. The number of carbonyl (C=O) groups excluding carboxylic acids is 1. The van der Waals surface area contributed by atoms with Gasteiger partial charge in [0, 0.05) is 30.6 Å². The Bertz CT molecular complexity index is 723. The van der Waals surface area contributed by atoms with Gasteiger partial charge < -0.3 is 19.1 Å². The van der Waals surface area contributed by atoms with Crippen LogP contribution >= 0.6 is 0 Å². The molecule has 6 heteroatoms. The summed E-state index contributed by atoms with van der Waals surface area (Å²) < 4.78 is 16.4. The number of hydrogen-bond donors (Lipinski definition) is 0. The molecule has 6 nitrogen and oxygen atoms in total. The highest BCUT2D eigenvalue weighted by molar-refractivity contribution is 5.97. The molecule has 1 aromatic carbocycles. The first-order valence-electron chi connectivity index (χ1n) is 8.80. The Morgan fingerprint density at radius 2 is 2.23 bits per heavy atom. The normalized spacial score (nSPS) is 20.5. The van der Waals surface area contributed by atoms with Gasteiger partial charge >= 0.3 is 0 Å². The van der Waals surface area contributed by atoms with E-state index in [1.54, 1.807) is 25.1 Å². The second-order valence-electron chi connectivity index (χ2n) is 7.13. The summed E-state index contributed by atoms with van der Waals surface area (Å²) >= 11 is 0. The maximum atomic E-state index is 11.4. The van der Waals surface area contributed by atoms with Gasteiger partial charge in [-0.2, -0.15) is 0 Å². The van der Waals surface area contributed by atoms with Crippen molar-refractivity contribution in [1.82, 2.24) is 4.90 Å². The molecule has 1 amide bonds. The Morgan fingerprint density at radius 1 is 1.42 bits per heavy atom. The second-order valence-corrected chi connectivity index (χ2v) is 7.13. The minimum atomic E-state index is 0.157. The van der Waals surface area contributed by atoms with Gasteiger partial charge in [0.1, 0.15) is 0 Å². The van der Waals surface area contributed by atoms with Crippen molar-refractivity contribution < 1.29 is 19.0 Å². The third-order valence-corrected chi connectivity index (χ3v) is 4.81. The maximum Gasteiger partial charge on any atom is 0.214 e. The van der Waals surface area contributed by atoms with Crippen molar-refractivity contribution >= 4 is 18.0 Å². The summed E-state index contributed by atoms with van der Waals surface area (Å²) in [6.45, 7) is 5.65. The molecule has 3 rings (SSSR count). The second kappa shape index (κ2) is 8.01. The molecule has 0 aliphatic carbocycles. The number of aliphatic imine (C=N–C) groups is 1. The lowest BCUT2D eigenvalue weighted by Crippen LogP contribution is -2.43. The van der Waals surface area contributed by atoms with Crippen LogP contribution in [0.15, 0.2) is 29.3 Å². The number of benzene rings is 1. The van der Waals surface area contributed by atoms with Gasteiger partial charge in [-0.25, -0.2) is 0 Å². The lowest BCUT2D eigenvalue weighted by atomic mass is 9.90. The van der Waals surface area contributed by atoms with Crippen LogP contribution in [-0.2, 0) is 32.0 Å². The van der Waals surface area contributed by atoms with Gasteiger partial charge in [-0.3, -0.25) is 9.79 Å². The monoisotopic (exact) mass is 358 g/mol. The van der Waals surface area contributed by atoms with E-state index in [0.29, 0.717) is 25.7 Å². The Balaban J connectivity index is 1.76. The molecule has 0 saturated carbocycles. The van der Waals surface area contributed by atoms with Crippen LogP contribution in [0.2, 0.25) is 0 Å². The zero-order chi connectivity index (χ0) is 18.6. The first-order valence-corrected chi connectivity index (χ1v) is 8.80. The van der Waals surface area contributed by atoms with Crippen molar-refractivity contribution in [3.8, 4) is 0 Å². The molecule has 0 spiro atoms. The van der Waals surface area contributed by atoms with Gasteiger partial charge in [-0.15, -0.1) is 0 Å². The van der Waals surface area contributed by atoms with Crippen molar-refractivity contribution in [2.24, 2.45) is 10.4 Å². The van der Waals surface area contributed by atoms with Crippen LogP contribution in [0.3, 0.4) is 0 Å². The van der Waals surface area contributed by atoms with Crippen molar-refractivity contribution in [3.05, 3.63) is 41.0 Å². The molecule has 0 N–H and O–H groups in total. The molecule has 2 aliphatic heterocycles. The lowest BCUT2D eigenvalue weighted by molar-refractivity contribution is -0.140. The highest BCUT2D eigenvalue weighted by Crippen LogP contribution is 2.30. The maximum absolute atomic E-state index is 11.4. The fraction of sp³-hybridized carbons (Fsp3) is 0.500. The number of ether oxygens (including phenoxy) is 3. The van der Waals surface area contributed by atoms with Gasteiger partial charge in [0.15, 0.2) is 0 Å². The number of hydrogen-bond acceptors (Lipinski definition) is 5. The third kappa shape index (κ3) is 3.97. The molecule has 2 aliphatic rings. The van der Waals surface area contributed by atoms with Crippen LogP contribution in [-0.4, -0.2) is 57.7 Å². The van der Waals surface area contributed by atoms with Crippen molar-refractivity contribution in [1.29, 1.82) is 0 Å². The first kappa shape index (κ1) is 18.6. The Hall–Kier alpha value is -2.18. The predicted molar refractivity (Wildman–Crippen MR) is 99.8 cm³/mol. The smallest absolute Gasteiger partial charge is 0.214 e. The standard InChI is InChI=1S/C20H26N2O4/c1-20(12-26-13-20)11-25-10-15-4-5-17-16(8-15)6-7-22(14-23)18(17)9-19(21-2)24-3/h4-5,8-9,14H,6-7,10-13H2,1-3H3/b18-9-,21-19+. The zero-order valence-corrected chi connectivity index (χ0v) is 15.7. The molecular formula is C20H26N2O4.